The lowest BCUT2D eigenvalue weighted by molar-refractivity contribution is 1.13. The smallest absolute Gasteiger partial charge is 0.0995 e. The third-order valence-corrected chi connectivity index (χ3v) is 3.00. The second kappa shape index (κ2) is 5.37. The van der Waals surface area contributed by atoms with Crippen molar-refractivity contribution in [1.29, 1.82) is 5.26 Å². The normalized spacial score (nSPS) is 9.83. The van der Waals surface area contributed by atoms with Gasteiger partial charge in [0, 0.05) is 12.2 Å². The van der Waals surface area contributed by atoms with Crippen LogP contribution in [0.2, 0.25) is 0 Å². The second-order valence-corrected chi connectivity index (χ2v) is 4.44. The molecule has 18 heavy (non-hydrogen) atoms. The van der Waals surface area contributed by atoms with Gasteiger partial charge in [0.05, 0.1) is 11.6 Å². The Morgan fingerprint density at radius 2 is 1.89 bits per heavy atom. The van der Waals surface area contributed by atoms with E-state index in [1.807, 2.05) is 24.3 Å². The predicted molar refractivity (Wildman–Crippen MR) is 74.4 cm³/mol. The first-order chi connectivity index (χ1) is 8.70. The van der Waals surface area contributed by atoms with Crippen LogP contribution in [0.5, 0.6) is 0 Å². The van der Waals surface area contributed by atoms with Crippen molar-refractivity contribution in [3.63, 3.8) is 0 Å². The maximum Gasteiger partial charge on any atom is 0.0995 e. The summed E-state index contributed by atoms with van der Waals surface area (Å²) in [6, 6.07) is 16.2. The predicted octanol–water partition coefficient (Wildman–Crippen LogP) is 3.79. The van der Waals surface area contributed by atoms with Gasteiger partial charge in [-0.15, -0.1) is 0 Å². The number of benzene rings is 2. The highest BCUT2D eigenvalue weighted by Crippen LogP contribution is 2.18. The average molecular weight is 236 g/mol. The maximum atomic E-state index is 9.04. The Balaban J connectivity index is 2.17. The number of aryl methyl sites for hydroxylation is 2. The molecule has 0 saturated heterocycles. The van der Waals surface area contributed by atoms with Crippen LogP contribution in [0.1, 0.15) is 22.3 Å². The summed E-state index contributed by atoms with van der Waals surface area (Å²) in [6.45, 7) is 4.83. The first-order valence-corrected chi connectivity index (χ1v) is 6.00. The number of nitrogens with zero attached hydrogens (tertiary/aromatic N) is 1. The van der Waals surface area contributed by atoms with E-state index in [4.69, 9.17) is 5.26 Å². The third kappa shape index (κ3) is 2.70. The number of anilines is 1. The van der Waals surface area contributed by atoms with Crippen molar-refractivity contribution in [3.8, 4) is 6.07 Å². The SMILES string of the molecule is Cc1ccc(C)c(NCc2ccccc2C#N)c1. The molecule has 0 fully saturated rings. The summed E-state index contributed by atoms with van der Waals surface area (Å²) in [7, 11) is 0. The molecular weight excluding hydrogens is 220 g/mol. The zero-order chi connectivity index (χ0) is 13.0. The van der Waals surface area contributed by atoms with E-state index in [1.54, 1.807) is 0 Å². The quantitative estimate of drug-likeness (QED) is 0.880. The van der Waals surface area contributed by atoms with Crippen LogP contribution in [-0.2, 0) is 6.54 Å². The van der Waals surface area contributed by atoms with Crippen molar-refractivity contribution >= 4 is 5.69 Å². The van der Waals surface area contributed by atoms with Crippen LogP contribution < -0.4 is 5.32 Å². The number of nitrogens with one attached hydrogen (secondary N) is 1. The van der Waals surface area contributed by atoms with Crippen LogP contribution in [0.15, 0.2) is 42.5 Å². The molecule has 0 aliphatic rings. The fourth-order valence-electron chi connectivity index (χ4n) is 1.90. The summed E-state index contributed by atoms with van der Waals surface area (Å²) in [6.07, 6.45) is 0. The first kappa shape index (κ1) is 12.2. The Hall–Kier alpha value is -2.27. The molecule has 0 radical (unpaired) electrons. The molecule has 0 unspecified atom stereocenters. The highest BCUT2D eigenvalue weighted by molar-refractivity contribution is 5.53. The first-order valence-electron chi connectivity index (χ1n) is 6.00. The van der Waals surface area contributed by atoms with Gasteiger partial charge in [-0.2, -0.15) is 5.26 Å². The molecule has 0 bridgehead atoms. The topological polar surface area (TPSA) is 35.8 Å². The Labute approximate surface area is 108 Å². The Kier molecular flexibility index (Phi) is 3.64. The van der Waals surface area contributed by atoms with Gasteiger partial charge in [-0.25, -0.2) is 0 Å². The molecule has 2 aromatic rings. The second-order valence-electron chi connectivity index (χ2n) is 4.44. The molecule has 0 atom stereocenters. The van der Waals surface area contributed by atoms with Crippen LogP contribution in [0.3, 0.4) is 0 Å². The third-order valence-electron chi connectivity index (χ3n) is 3.00. The van der Waals surface area contributed by atoms with Gasteiger partial charge in [0.1, 0.15) is 0 Å². The molecule has 2 heteroatoms. The van der Waals surface area contributed by atoms with Gasteiger partial charge in [-0.05, 0) is 42.7 Å². The van der Waals surface area contributed by atoms with Gasteiger partial charge in [0.15, 0.2) is 0 Å². The average Bonchev–Trinajstić information content (AvgIpc) is 2.40. The van der Waals surface area contributed by atoms with Crippen molar-refractivity contribution in [3.05, 3.63) is 64.7 Å². The van der Waals surface area contributed by atoms with Crippen LogP contribution in [-0.4, -0.2) is 0 Å². The lowest BCUT2D eigenvalue weighted by atomic mass is 10.1. The molecule has 1 N–H and O–H groups in total. The van der Waals surface area contributed by atoms with Gasteiger partial charge in [0.25, 0.3) is 0 Å². The summed E-state index contributed by atoms with van der Waals surface area (Å²) in [5, 5.41) is 12.4. The van der Waals surface area contributed by atoms with Crippen LogP contribution in [0.4, 0.5) is 5.69 Å². The molecule has 0 spiro atoms. The molecule has 0 amide bonds. The number of rotatable bonds is 3. The highest BCUT2D eigenvalue weighted by Gasteiger charge is 2.02. The molecule has 2 nitrogen and oxygen atoms in total. The Morgan fingerprint density at radius 3 is 2.67 bits per heavy atom. The summed E-state index contributed by atoms with van der Waals surface area (Å²) in [4.78, 5) is 0. The fourth-order valence-corrected chi connectivity index (χ4v) is 1.90. The standard InChI is InChI=1S/C16H16N2/c1-12-7-8-13(2)16(9-12)18-11-15-6-4-3-5-14(15)10-17/h3-9,18H,11H2,1-2H3. The monoisotopic (exact) mass is 236 g/mol. The zero-order valence-corrected chi connectivity index (χ0v) is 10.7. The Bertz CT molecular complexity index is 594. The van der Waals surface area contributed by atoms with E-state index in [0.717, 1.165) is 16.8 Å². The Morgan fingerprint density at radius 1 is 1.11 bits per heavy atom. The van der Waals surface area contributed by atoms with E-state index in [1.165, 1.54) is 11.1 Å². The van der Waals surface area contributed by atoms with Gasteiger partial charge < -0.3 is 5.32 Å². The molecule has 0 saturated carbocycles. The molecule has 0 heterocycles. The van der Waals surface area contributed by atoms with Crippen LogP contribution in [0, 0.1) is 25.2 Å². The van der Waals surface area contributed by atoms with Crippen molar-refractivity contribution < 1.29 is 0 Å². The summed E-state index contributed by atoms with van der Waals surface area (Å²) < 4.78 is 0. The molecule has 0 aliphatic heterocycles. The van der Waals surface area contributed by atoms with E-state index in [9.17, 15) is 0 Å². The van der Waals surface area contributed by atoms with E-state index < -0.39 is 0 Å². The lowest BCUT2D eigenvalue weighted by Crippen LogP contribution is -2.03. The fraction of sp³-hybridized carbons (Fsp3) is 0.188. The van der Waals surface area contributed by atoms with Crippen molar-refractivity contribution in [2.45, 2.75) is 20.4 Å². The zero-order valence-electron chi connectivity index (χ0n) is 10.7. The molecule has 2 rings (SSSR count). The van der Waals surface area contributed by atoms with Crippen molar-refractivity contribution in [2.24, 2.45) is 0 Å². The summed E-state index contributed by atoms with van der Waals surface area (Å²) in [5.74, 6) is 0. The van der Waals surface area contributed by atoms with Gasteiger partial charge in [0.2, 0.25) is 0 Å². The van der Waals surface area contributed by atoms with Gasteiger partial charge >= 0.3 is 0 Å². The van der Waals surface area contributed by atoms with Crippen molar-refractivity contribution in [1.82, 2.24) is 0 Å². The van der Waals surface area contributed by atoms with Crippen LogP contribution in [0.25, 0.3) is 0 Å². The molecular formula is C16H16N2. The van der Waals surface area contributed by atoms with Gasteiger partial charge in [-0.1, -0.05) is 30.3 Å². The van der Waals surface area contributed by atoms with Gasteiger partial charge in [-0.3, -0.25) is 0 Å². The number of hydrogen-bond acceptors (Lipinski definition) is 2. The summed E-state index contributed by atoms with van der Waals surface area (Å²) in [5.41, 5.74) is 5.34. The van der Waals surface area contributed by atoms with E-state index in [2.05, 4.69) is 43.4 Å². The molecule has 90 valence electrons. The van der Waals surface area contributed by atoms with E-state index in [0.29, 0.717) is 6.54 Å². The van der Waals surface area contributed by atoms with E-state index in [-0.39, 0.29) is 0 Å². The minimum atomic E-state index is 0.675. The molecule has 0 aromatic heterocycles. The minimum absolute atomic E-state index is 0.675. The molecule has 2 aromatic carbocycles. The minimum Gasteiger partial charge on any atom is -0.381 e. The number of hydrogen-bond donors (Lipinski definition) is 1. The lowest BCUT2D eigenvalue weighted by Gasteiger charge is -2.11. The number of nitriles is 1. The van der Waals surface area contributed by atoms with E-state index >= 15 is 0 Å². The maximum absolute atomic E-state index is 9.04. The van der Waals surface area contributed by atoms with Crippen LogP contribution >= 0.6 is 0 Å². The molecule has 0 aliphatic carbocycles. The summed E-state index contributed by atoms with van der Waals surface area (Å²) >= 11 is 0. The largest absolute Gasteiger partial charge is 0.381 e. The van der Waals surface area contributed by atoms with Crippen molar-refractivity contribution in [2.75, 3.05) is 5.32 Å². The highest BCUT2D eigenvalue weighted by atomic mass is 14.9.